The Hall–Kier alpha value is -3.08. The number of fused-ring (bicyclic) bond motifs is 2. The molecule has 2 saturated heterocycles. The number of hydrogen-bond acceptors (Lipinski definition) is 8. The summed E-state index contributed by atoms with van der Waals surface area (Å²) in [6.45, 7) is 3.49. The quantitative estimate of drug-likeness (QED) is 0.183. The van der Waals surface area contributed by atoms with Gasteiger partial charge in [0.15, 0.2) is 11.5 Å². The van der Waals surface area contributed by atoms with E-state index < -0.39 is 11.6 Å². The molecule has 2 aliphatic rings. The van der Waals surface area contributed by atoms with Gasteiger partial charge in [-0.2, -0.15) is 0 Å². The van der Waals surface area contributed by atoms with Gasteiger partial charge in [-0.3, -0.25) is 4.79 Å². The van der Waals surface area contributed by atoms with Crippen LogP contribution in [0.5, 0.6) is 5.75 Å². The van der Waals surface area contributed by atoms with E-state index >= 15 is 0 Å². The van der Waals surface area contributed by atoms with E-state index in [-0.39, 0.29) is 40.6 Å². The molecule has 9 nitrogen and oxygen atoms in total. The number of rotatable bonds is 12. The van der Waals surface area contributed by atoms with Gasteiger partial charge in [-0.05, 0) is 49.7 Å². The van der Waals surface area contributed by atoms with E-state index in [0.29, 0.717) is 38.1 Å². The molecule has 222 valence electrons. The number of ether oxygens (including phenoxy) is 3. The lowest BCUT2D eigenvalue weighted by Crippen LogP contribution is -3.00. The fourth-order valence-electron chi connectivity index (χ4n) is 6.34. The third-order valence-corrected chi connectivity index (χ3v) is 8.42. The van der Waals surface area contributed by atoms with E-state index in [4.69, 9.17) is 23.0 Å². The fourth-order valence-corrected chi connectivity index (χ4v) is 6.34. The van der Waals surface area contributed by atoms with Crippen molar-refractivity contribution < 1.29 is 59.2 Å². The van der Waals surface area contributed by atoms with Gasteiger partial charge in [-0.1, -0.05) is 12.1 Å². The van der Waals surface area contributed by atoms with Crippen molar-refractivity contribution >= 4 is 11.9 Å². The maximum Gasteiger partial charge on any atom is 0.354 e. The lowest BCUT2D eigenvalue weighted by molar-refractivity contribution is -0.961. The highest BCUT2D eigenvalue weighted by atomic mass is 79.9. The van der Waals surface area contributed by atoms with E-state index in [0.717, 1.165) is 42.5 Å². The monoisotopic (exact) mass is 631 g/mol. The van der Waals surface area contributed by atoms with Crippen LogP contribution in [0.2, 0.25) is 0 Å². The molecular weight excluding hydrogens is 594 g/mol. The van der Waals surface area contributed by atoms with Crippen molar-refractivity contribution in [2.75, 3.05) is 20.3 Å². The van der Waals surface area contributed by atoms with Crippen LogP contribution in [-0.4, -0.2) is 60.0 Å². The van der Waals surface area contributed by atoms with Crippen LogP contribution in [-0.2, 0) is 31.2 Å². The van der Waals surface area contributed by atoms with E-state index in [1.807, 2.05) is 12.1 Å². The number of benzene rings is 1. The smallest absolute Gasteiger partial charge is 0.354 e. The summed E-state index contributed by atoms with van der Waals surface area (Å²) in [6, 6.07) is 15.1. The lowest BCUT2D eigenvalue weighted by atomic mass is 9.94. The number of halogens is 1. The maximum atomic E-state index is 13.4. The van der Waals surface area contributed by atoms with E-state index in [9.17, 15) is 14.7 Å². The number of piperidine rings is 1. The van der Waals surface area contributed by atoms with Gasteiger partial charge < -0.3 is 49.6 Å². The molecule has 4 heterocycles. The van der Waals surface area contributed by atoms with Crippen molar-refractivity contribution in [3.63, 3.8) is 0 Å². The SMILES string of the molecule is CCOC(=O)CCCOc1cccc(C[N+]2(C)[C@@H]3CC[C@H]2C[C@H](OC(=O)C(O)(c2ccco2)c2ccco2)C3)c1.[Br-]. The Labute approximate surface area is 250 Å². The molecule has 2 aliphatic heterocycles. The normalized spacial score (nSPS) is 23.4. The molecule has 1 unspecified atom stereocenters. The number of furan rings is 2. The summed E-state index contributed by atoms with van der Waals surface area (Å²) in [7, 11) is 2.29. The third-order valence-electron chi connectivity index (χ3n) is 8.42. The number of carbonyl (C=O) groups excluding carboxylic acids is 2. The Morgan fingerprint density at radius 1 is 1.02 bits per heavy atom. The number of esters is 2. The van der Waals surface area contributed by atoms with E-state index in [2.05, 4.69) is 19.2 Å². The summed E-state index contributed by atoms with van der Waals surface area (Å²) in [5.41, 5.74) is -0.957. The predicted octanol–water partition coefficient (Wildman–Crippen LogP) is 1.72. The van der Waals surface area contributed by atoms with Gasteiger partial charge in [-0.15, -0.1) is 0 Å². The lowest BCUT2D eigenvalue weighted by Gasteiger charge is -2.47. The van der Waals surface area contributed by atoms with Crippen molar-refractivity contribution in [1.29, 1.82) is 0 Å². The third kappa shape index (κ3) is 6.55. The van der Waals surface area contributed by atoms with Gasteiger partial charge in [0.1, 0.15) is 18.4 Å². The van der Waals surface area contributed by atoms with Crippen molar-refractivity contribution in [1.82, 2.24) is 0 Å². The molecule has 1 aromatic carbocycles. The van der Waals surface area contributed by atoms with Gasteiger partial charge in [0, 0.05) is 37.7 Å². The summed E-state index contributed by atoms with van der Waals surface area (Å²) in [5.74, 6) is -0.0666. The Kier molecular flexibility index (Phi) is 9.99. The molecule has 0 spiro atoms. The first-order chi connectivity index (χ1) is 19.3. The average Bonchev–Trinajstić information content (AvgIpc) is 3.69. The van der Waals surface area contributed by atoms with Crippen LogP contribution >= 0.6 is 0 Å². The molecule has 0 amide bonds. The number of quaternary nitrogens is 1. The molecule has 1 N–H and O–H groups in total. The molecule has 2 fully saturated rings. The zero-order valence-electron chi connectivity index (χ0n) is 23.5. The fraction of sp³-hybridized carbons (Fsp3) is 0.484. The van der Waals surface area contributed by atoms with Crippen molar-refractivity contribution in [3.8, 4) is 5.75 Å². The van der Waals surface area contributed by atoms with Gasteiger partial charge in [0.2, 0.25) is 0 Å². The average molecular weight is 633 g/mol. The zero-order valence-corrected chi connectivity index (χ0v) is 25.1. The van der Waals surface area contributed by atoms with Gasteiger partial charge in [0.05, 0.1) is 44.9 Å². The maximum absolute atomic E-state index is 13.4. The predicted molar refractivity (Wildman–Crippen MR) is 144 cm³/mol. The summed E-state index contributed by atoms with van der Waals surface area (Å²) < 4.78 is 28.5. The highest BCUT2D eigenvalue weighted by Crippen LogP contribution is 2.44. The largest absolute Gasteiger partial charge is 1.00 e. The van der Waals surface area contributed by atoms with Crippen molar-refractivity contribution in [2.24, 2.45) is 0 Å². The number of carbonyl (C=O) groups is 2. The molecule has 4 atom stereocenters. The summed E-state index contributed by atoms with van der Waals surface area (Å²) in [6.07, 6.45) is 7.01. The molecule has 2 aromatic heterocycles. The van der Waals surface area contributed by atoms with Crippen molar-refractivity contribution in [3.05, 3.63) is 78.1 Å². The summed E-state index contributed by atoms with van der Waals surface area (Å²) in [5, 5.41) is 11.4. The summed E-state index contributed by atoms with van der Waals surface area (Å²) in [4.78, 5) is 24.9. The molecular formula is C31H38BrNO8. The second kappa shape index (κ2) is 13.3. The van der Waals surface area contributed by atoms with Gasteiger partial charge >= 0.3 is 11.9 Å². The molecule has 0 saturated carbocycles. The number of aliphatic hydroxyl groups is 1. The van der Waals surface area contributed by atoms with Crippen molar-refractivity contribution in [2.45, 2.75) is 75.8 Å². The molecule has 10 heteroatoms. The molecule has 0 aliphatic carbocycles. The number of hydrogen-bond donors (Lipinski definition) is 1. The first-order valence-corrected chi connectivity index (χ1v) is 14.1. The summed E-state index contributed by atoms with van der Waals surface area (Å²) >= 11 is 0. The minimum Gasteiger partial charge on any atom is -1.00 e. The highest BCUT2D eigenvalue weighted by molar-refractivity contribution is 5.83. The molecule has 5 rings (SSSR count). The van der Waals surface area contributed by atoms with E-state index in [1.165, 1.54) is 18.1 Å². The molecule has 0 radical (unpaired) electrons. The molecule has 3 aromatic rings. The van der Waals surface area contributed by atoms with Crippen LogP contribution in [0.3, 0.4) is 0 Å². The number of nitrogens with zero attached hydrogens (tertiary/aromatic N) is 1. The van der Waals surface area contributed by atoms with Gasteiger partial charge in [-0.25, -0.2) is 4.79 Å². The standard InChI is InChI=1S/C31H38NO8.BrH/c1-3-36-29(33)12-7-15-37-25-9-4-8-22(18-25)21-32(2)23-13-14-24(32)20-26(19-23)40-30(34)31(35,27-10-5-16-38-27)28-11-6-17-39-28;/h4-6,8-11,16-18,23-24,26,35H,3,7,12-15,19-21H2,1-2H3;1H/q+1;/p-1/t23-,24+,26-,32?;. The minimum absolute atomic E-state index is 0. The van der Waals surface area contributed by atoms with Crippen LogP contribution in [0.15, 0.2) is 69.9 Å². The van der Waals surface area contributed by atoms with Crippen LogP contribution in [0.4, 0.5) is 0 Å². The second-order valence-electron chi connectivity index (χ2n) is 11.0. The Morgan fingerprint density at radius 2 is 1.68 bits per heavy atom. The van der Waals surface area contributed by atoms with Crippen LogP contribution in [0.1, 0.15) is 62.5 Å². The minimum atomic E-state index is -2.14. The zero-order chi connectivity index (χ0) is 28.2. The van der Waals surface area contributed by atoms with E-state index in [1.54, 1.807) is 31.2 Å². The Bertz CT molecular complexity index is 1230. The molecule has 2 bridgehead atoms. The van der Waals surface area contributed by atoms with Crippen LogP contribution < -0.4 is 21.7 Å². The van der Waals surface area contributed by atoms with Gasteiger partial charge in [0.25, 0.3) is 5.60 Å². The Morgan fingerprint density at radius 3 is 2.27 bits per heavy atom. The van der Waals surface area contributed by atoms with Crippen LogP contribution in [0, 0.1) is 0 Å². The second-order valence-corrected chi connectivity index (χ2v) is 11.0. The molecule has 41 heavy (non-hydrogen) atoms. The van der Waals surface area contributed by atoms with Crippen LogP contribution in [0.25, 0.3) is 0 Å². The highest BCUT2D eigenvalue weighted by Gasteiger charge is 2.54. The topological polar surface area (TPSA) is 108 Å². The Balaban J connectivity index is 0.00000387. The first-order valence-electron chi connectivity index (χ1n) is 14.1. The first kappa shape index (κ1) is 30.9.